The molecule has 1 aliphatic rings. The van der Waals surface area contributed by atoms with Gasteiger partial charge in [0.25, 0.3) is 5.91 Å². The molecule has 1 saturated heterocycles. The smallest absolute Gasteiger partial charge is 0.251 e. The molecule has 0 saturated carbocycles. The van der Waals surface area contributed by atoms with Crippen LogP contribution < -0.4 is 15.8 Å². The molecule has 1 heterocycles. The summed E-state index contributed by atoms with van der Waals surface area (Å²) in [6.07, 6.45) is 2.30. The van der Waals surface area contributed by atoms with E-state index in [1.807, 2.05) is 0 Å². The molecule has 1 aromatic carbocycles. The van der Waals surface area contributed by atoms with Gasteiger partial charge in [0, 0.05) is 12.1 Å². The van der Waals surface area contributed by atoms with Crippen molar-refractivity contribution < 1.29 is 9.53 Å². The van der Waals surface area contributed by atoms with Crippen molar-refractivity contribution in [2.24, 2.45) is 5.92 Å². The molecule has 0 bridgehead atoms. The van der Waals surface area contributed by atoms with Crippen LogP contribution in [-0.2, 0) is 0 Å². The first-order valence-electron chi connectivity index (χ1n) is 7.58. The average molecular weight is 291 g/mol. The maximum atomic E-state index is 12.1. The van der Waals surface area contributed by atoms with Gasteiger partial charge in [-0.1, -0.05) is 6.92 Å². The fourth-order valence-corrected chi connectivity index (χ4v) is 2.72. The van der Waals surface area contributed by atoms with Crippen molar-refractivity contribution in [3.05, 3.63) is 23.8 Å². The van der Waals surface area contributed by atoms with Gasteiger partial charge in [-0.05, 0) is 56.6 Å². The highest BCUT2D eigenvalue weighted by molar-refractivity contribution is 5.95. The Morgan fingerprint density at radius 3 is 2.71 bits per heavy atom. The number of carbonyl (C=O) groups excluding carboxylic acids is 1. The summed E-state index contributed by atoms with van der Waals surface area (Å²) < 4.78 is 5.09. The molecule has 0 atom stereocenters. The summed E-state index contributed by atoms with van der Waals surface area (Å²) in [4.78, 5) is 14.6. The van der Waals surface area contributed by atoms with Gasteiger partial charge in [-0.2, -0.15) is 0 Å². The predicted molar refractivity (Wildman–Crippen MR) is 84.6 cm³/mol. The van der Waals surface area contributed by atoms with E-state index in [1.165, 1.54) is 0 Å². The Bertz CT molecular complexity index is 482. The normalized spacial score (nSPS) is 16.7. The first-order valence-corrected chi connectivity index (χ1v) is 7.58. The number of nitrogens with two attached hydrogens (primary N) is 1. The van der Waals surface area contributed by atoms with Crippen molar-refractivity contribution in [3.63, 3.8) is 0 Å². The van der Waals surface area contributed by atoms with E-state index in [-0.39, 0.29) is 5.91 Å². The van der Waals surface area contributed by atoms with Crippen molar-refractivity contribution >= 4 is 11.6 Å². The number of ether oxygens (including phenoxy) is 1. The van der Waals surface area contributed by atoms with Crippen molar-refractivity contribution in [1.82, 2.24) is 10.2 Å². The highest BCUT2D eigenvalue weighted by Gasteiger charge is 2.19. The molecule has 1 amide bonds. The second-order valence-corrected chi connectivity index (χ2v) is 5.54. The van der Waals surface area contributed by atoms with Crippen LogP contribution in [-0.4, -0.2) is 44.1 Å². The topological polar surface area (TPSA) is 67.6 Å². The second-order valence-electron chi connectivity index (χ2n) is 5.54. The van der Waals surface area contributed by atoms with Crippen LogP contribution in [0.5, 0.6) is 5.75 Å². The highest BCUT2D eigenvalue weighted by atomic mass is 16.5. The number of hydrogen-bond acceptors (Lipinski definition) is 4. The van der Waals surface area contributed by atoms with Gasteiger partial charge >= 0.3 is 0 Å². The molecule has 1 aromatic rings. The number of nitrogens with zero attached hydrogens (tertiary/aromatic N) is 1. The van der Waals surface area contributed by atoms with Gasteiger partial charge in [-0.15, -0.1) is 0 Å². The van der Waals surface area contributed by atoms with Crippen LogP contribution in [0.15, 0.2) is 18.2 Å². The number of nitrogens with one attached hydrogen (secondary N) is 1. The average Bonchev–Trinajstić information content (AvgIpc) is 2.53. The molecule has 0 spiro atoms. The van der Waals surface area contributed by atoms with Crippen molar-refractivity contribution in [1.29, 1.82) is 0 Å². The molecule has 1 aliphatic heterocycles. The first kappa shape index (κ1) is 15.6. The maximum absolute atomic E-state index is 12.1. The second kappa shape index (κ2) is 7.31. The zero-order valence-corrected chi connectivity index (χ0v) is 12.9. The molecule has 0 aromatic heterocycles. The third-order valence-electron chi connectivity index (χ3n) is 4.20. The molecule has 3 N–H and O–H groups in total. The molecule has 2 rings (SSSR count). The van der Waals surface area contributed by atoms with Crippen LogP contribution in [0.25, 0.3) is 0 Å². The Morgan fingerprint density at radius 1 is 1.43 bits per heavy atom. The first-order chi connectivity index (χ1) is 10.1. The number of benzene rings is 1. The van der Waals surface area contributed by atoms with Gasteiger partial charge in [0.2, 0.25) is 0 Å². The molecule has 1 fully saturated rings. The molecule has 0 aliphatic carbocycles. The number of rotatable bonds is 5. The summed E-state index contributed by atoms with van der Waals surface area (Å²) in [5.41, 5.74) is 6.90. The number of likely N-dealkylation sites (tertiary alicyclic amines) is 1. The number of piperidine rings is 1. The standard InChI is InChI=1S/C16H25N3O2/c1-3-19-8-6-12(7-9-19)11-18-16(20)13-4-5-15(21-2)14(17)10-13/h4-5,10,12H,3,6-9,11,17H2,1-2H3,(H,18,20). The van der Waals surface area contributed by atoms with E-state index in [4.69, 9.17) is 10.5 Å². The Kier molecular flexibility index (Phi) is 5.44. The van der Waals surface area contributed by atoms with Gasteiger partial charge in [0.15, 0.2) is 0 Å². The monoisotopic (exact) mass is 291 g/mol. The minimum absolute atomic E-state index is 0.0673. The zero-order valence-electron chi connectivity index (χ0n) is 12.9. The van der Waals surface area contributed by atoms with E-state index in [9.17, 15) is 4.79 Å². The lowest BCUT2D eigenvalue weighted by atomic mass is 9.96. The Hall–Kier alpha value is -1.75. The zero-order chi connectivity index (χ0) is 15.2. The molecule has 0 unspecified atom stereocenters. The summed E-state index contributed by atoms with van der Waals surface area (Å²) in [7, 11) is 1.56. The molecule has 5 heteroatoms. The van der Waals surface area contributed by atoms with Crippen LogP contribution >= 0.6 is 0 Å². The molecular weight excluding hydrogens is 266 g/mol. The number of methoxy groups -OCH3 is 1. The quantitative estimate of drug-likeness (QED) is 0.811. The lowest BCUT2D eigenvalue weighted by Gasteiger charge is -2.31. The lowest BCUT2D eigenvalue weighted by molar-refractivity contribution is 0.0937. The van der Waals surface area contributed by atoms with Crippen LogP contribution in [0.4, 0.5) is 5.69 Å². The third-order valence-corrected chi connectivity index (χ3v) is 4.20. The van der Waals surface area contributed by atoms with E-state index in [2.05, 4.69) is 17.1 Å². The SMILES string of the molecule is CCN1CCC(CNC(=O)c2ccc(OC)c(N)c2)CC1. The van der Waals surface area contributed by atoms with Gasteiger partial charge in [0.1, 0.15) is 5.75 Å². The Labute approximate surface area is 126 Å². The number of hydrogen-bond donors (Lipinski definition) is 2. The van der Waals surface area contributed by atoms with Crippen LogP contribution in [0.3, 0.4) is 0 Å². The number of nitrogen functional groups attached to an aromatic ring is 1. The molecule has 21 heavy (non-hydrogen) atoms. The number of amides is 1. The molecule has 5 nitrogen and oxygen atoms in total. The van der Waals surface area contributed by atoms with Gasteiger partial charge in [0.05, 0.1) is 12.8 Å². The summed E-state index contributed by atoms with van der Waals surface area (Å²) in [5.74, 6) is 1.10. The number of carbonyl (C=O) groups is 1. The summed E-state index contributed by atoms with van der Waals surface area (Å²) >= 11 is 0. The van der Waals surface area contributed by atoms with E-state index >= 15 is 0 Å². The van der Waals surface area contributed by atoms with Crippen molar-refractivity contribution in [2.45, 2.75) is 19.8 Å². The van der Waals surface area contributed by atoms with Gasteiger partial charge < -0.3 is 20.7 Å². The van der Waals surface area contributed by atoms with E-state index < -0.39 is 0 Å². The fraction of sp³-hybridized carbons (Fsp3) is 0.562. The number of anilines is 1. The minimum atomic E-state index is -0.0673. The summed E-state index contributed by atoms with van der Waals surface area (Å²) in [6.45, 7) is 6.31. The Morgan fingerprint density at radius 2 is 2.14 bits per heavy atom. The van der Waals surface area contributed by atoms with Crippen molar-refractivity contribution in [3.8, 4) is 5.75 Å². The minimum Gasteiger partial charge on any atom is -0.495 e. The molecule has 0 radical (unpaired) electrons. The van der Waals surface area contributed by atoms with Crippen LogP contribution in [0.2, 0.25) is 0 Å². The van der Waals surface area contributed by atoms with Crippen LogP contribution in [0.1, 0.15) is 30.1 Å². The maximum Gasteiger partial charge on any atom is 0.251 e. The van der Waals surface area contributed by atoms with E-state index in [0.717, 1.165) is 39.0 Å². The Balaban J connectivity index is 1.83. The fourth-order valence-electron chi connectivity index (χ4n) is 2.72. The highest BCUT2D eigenvalue weighted by Crippen LogP contribution is 2.22. The lowest BCUT2D eigenvalue weighted by Crippen LogP contribution is -2.38. The van der Waals surface area contributed by atoms with Crippen LogP contribution in [0, 0.1) is 5.92 Å². The van der Waals surface area contributed by atoms with Gasteiger partial charge in [-0.3, -0.25) is 4.79 Å². The summed E-state index contributed by atoms with van der Waals surface area (Å²) in [6, 6.07) is 5.13. The molecule has 116 valence electrons. The van der Waals surface area contributed by atoms with Crippen molar-refractivity contribution in [2.75, 3.05) is 39.0 Å². The summed E-state index contributed by atoms with van der Waals surface area (Å²) in [5, 5.41) is 3.01. The molecular formula is C16H25N3O2. The third kappa shape index (κ3) is 4.11. The van der Waals surface area contributed by atoms with Gasteiger partial charge in [-0.25, -0.2) is 0 Å². The predicted octanol–water partition coefficient (Wildman–Crippen LogP) is 1.74. The van der Waals surface area contributed by atoms with E-state index in [1.54, 1.807) is 25.3 Å². The van der Waals surface area contributed by atoms with E-state index in [0.29, 0.717) is 22.9 Å². The largest absolute Gasteiger partial charge is 0.495 e.